The predicted molar refractivity (Wildman–Crippen MR) is 58.3 cm³/mol. The van der Waals surface area contributed by atoms with Gasteiger partial charge in [-0.15, -0.1) is 0 Å². The van der Waals surface area contributed by atoms with Crippen molar-refractivity contribution in [2.24, 2.45) is 0 Å². The first-order valence-corrected chi connectivity index (χ1v) is 5.45. The third kappa shape index (κ3) is 3.27. The molecular formula is C10H14BrNO2. The third-order valence-corrected chi connectivity index (χ3v) is 2.23. The lowest BCUT2D eigenvalue weighted by Crippen LogP contribution is -2.02. The highest BCUT2D eigenvalue weighted by Crippen LogP contribution is 2.19. The summed E-state index contributed by atoms with van der Waals surface area (Å²) < 4.78 is 6.28. The van der Waals surface area contributed by atoms with Crippen molar-refractivity contribution in [3.05, 3.63) is 22.3 Å². The van der Waals surface area contributed by atoms with Gasteiger partial charge in [0.15, 0.2) is 0 Å². The van der Waals surface area contributed by atoms with Crippen LogP contribution in [0.5, 0.6) is 5.88 Å². The molecule has 0 saturated heterocycles. The molecule has 14 heavy (non-hydrogen) atoms. The van der Waals surface area contributed by atoms with Gasteiger partial charge < -0.3 is 9.84 Å². The summed E-state index contributed by atoms with van der Waals surface area (Å²) in [4.78, 5) is 4.09. The number of unbranched alkanes of at least 4 members (excludes halogenated alkanes) is 1. The SMILES string of the molecule is CCCCOc1ncc(Br)cc1CO. The molecule has 0 spiro atoms. The highest BCUT2D eigenvalue weighted by molar-refractivity contribution is 9.10. The number of rotatable bonds is 5. The molecule has 0 saturated carbocycles. The monoisotopic (exact) mass is 259 g/mol. The molecule has 78 valence electrons. The van der Waals surface area contributed by atoms with E-state index < -0.39 is 0 Å². The van der Waals surface area contributed by atoms with Crippen molar-refractivity contribution >= 4 is 15.9 Å². The van der Waals surface area contributed by atoms with Gasteiger partial charge in [-0.05, 0) is 28.4 Å². The van der Waals surface area contributed by atoms with E-state index >= 15 is 0 Å². The number of halogens is 1. The van der Waals surface area contributed by atoms with Crippen molar-refractivity contribution in [2.45, 2.75) is 26.4 Å². The van der Waals surface area contributed by atoms with E-state index in [1.165, 1.54) is 0 Å². The van der Waals surface area contributed by atoms with Gasteiger partial charge in [0.2, 0.25) is 5.88 Å². The van der Waals surface area contributed by atoms with Gasteiger partial charge in [-0.1, -0.05) is 13.3 Å². The van der Waals surface area contributed by atoms with Gasteiger partial charge in [0.1, 0.15) is 0 Å². The Morgan fingerprint density at radius 1 is 1.57 bits per heavy atom. The van der Waals surface area contributed by atoms with E-state index in [4.69, 9.17) is 9.84 Å². The average Bonchev–Trinajstić information content (AvgIpc) is 2.20. The second-order valence-corrected chi connectivity index (χ2v) is 3.89. The highest BCUT2D eigenvalue weighted by Gasteiger charge is 2.04. The van der Waals surface area contributed by atoms with Gasteiger partial charge in [-0.2, -0.15) is 0 Å². The molecule has 0 aliphatic rings. The van der Waals surface area contributed by atoms with Crippen molar-refractivity contribution in [3.63, 3.8) is 0 Å². The lowest BCUT2D eigenvalue weighted by Gasteiger charge is -2.08. The van der Waals surface area contributed by atoms with Crippen molar-refractivity contribution in [3.8, 4) is 5.88 Å². The molecule has 1 N–H and O–H groups in total. The second-order valence-electron chi connectivity index (χ2n) is 2.98. The van der Waals surface area contributed by atoms with Crippen LogP contribution in [0.3, 0.4) is 0 Å². The Kier molecular flexibility index (Phi) is 4.90. The molecule has 0 fully saturated rings. The number of ether oxygens (including phenoxy) is 1. The first-order chi connectivity index (χ1) is 6.77. The highest BCUT2D eigenvalue weighted by atomic mass is 79.9. The number of aliphatic hydroxyl groups is 1. The molecule has 3 nitrogen and oxygen atoms in total. The van der Waals surface area contributed by atoms with Gasteiger partial charge in [0.05, 0.1) is 13.2 Å². The zero-order valence-corrected chi connectivity index (χ0v) is 9.75. The number of aromatic nitrogens is 1. The van der Waals surface area contributed by atoms with Crippen LogP contribution >= 0.6 is 15.9 Å². The Bertz CT molecular complexity index is 291. The zero-order valence-electron chi connectivity index (χ0n) is 8.16. The van der Waals surface area contributed by atoms with Crippen LogP contribution in [-0.2, 0) is 6.61 Å². The smallest absolute Gasteiger partial charge is 0.218 e. The van der Waals surface area contributed by atoms with E-state index in [2.05, 4.69) is 27.8 Å². The summed E-state index contributed by atoms with van der Waals surface area (Å²) in [6, 6.07) is 1.81. The van der Waals surface area contributed by atoms with Crippen molar-refractivity contribution in [2.75, 3.05) is 6.61 Å². The van der Waals surface area contributed by atoms with Crippen LogP contribution in [0, 0.1) is 0 Å². The van der Waals surface area contributed by atoms with E-state index in [9.17, 15) is 0 Å². The largest absolute Gasteiger partial charge is 0.477 e. The lowest BCUT2D eigenvalue weighted by atomic mass is 10.3. The number of hydrogen-bond donors (Lipinski definition) is 1. The van der Waals surface area contributed by atoms with Crippen molar-refractivity contribution < 1.29 is 9.84 Å². The fraction of sp³-hybridized carbons (Fsp3) is 0.500. The summed E-state index contributed by atoms with van der Waals surface area (Å²) >= 11 is 3.29. The van der Waals surface area contributed by atoms with Crippen LogP contribution in [0.25, 0.3) is 0 Å². The fourth-order valence-corrected chi connectivity index (χ4v) is 1.40. The zero-order chi connectivity index (χ0) is 10.4. The normalized spacial score (nSPS) is 10.2. The maximum Gasteiger partial charge on any atom is 0.218 e. The molecule has 4 heteroatoms. The Hall–Kier alpha value is -0.610. The van der Waals surface area contributed by atoms with Crippen LogP contribution in [0.15, 0.2) is 16.7 Å². The summed E-state index contributed by atoms with van der Waals surface area (Å²) in [7, 11) is 0. The Labute approximate surface area is 92.3 Å². The Morgan fingerprint density at radius 3 is 3.00 bits per heavy atom. The molecular weight excluding hydrogens is 246 g/mol. The molecule has 1 rings (SSSR count). The van der Waals surface area contributed by atoms with Crippen LogP contribution in [-0.4, -0.2) is 16.7 Å². The molecule has 0 aliphatic carbocycles. The van der Waals surface area contributed by atoms with Crippen LogP contribution in [0.4, 0.5) is 0 Å². The maximum atomic E-state index is 9.06. The minimum atomic E-state index is -0.0477. The number of hydrogen-bond acceptors (Lipinski definition) is 3. The fourth-order valence-electron chi connectivity index (χ4n) is 1.03. The van der Waals surface area contributed by atoms with Gasteiger partial charge in [-0.25, -0.2) is 4.98 Å². The van der Waals surface area contributed by atoms with Crippen molar-refractivity contribution in [1.29, 1.82) is 0 Å². The number of pyridine rings is 1. The van der Waals surface area contributed by atoms with Crippen LogP contribution in [0.2, 0.25) is 0 Å². The predicted octanol–water partition coefficient (Wildman–Crippen LogP) is 2.52. The summed E-state index contributed by atoms with van der Waals surface area (Å²) in [5.41, 5.74) is 0.718. The van der Waals surface area contributed by atoms with Crippen LogP contribution in [0.1, 0.15) is 25.3 Å². The molecule has 0 atom stereocenters. The first-order valence-electron chi connectivity index (χ1n) is 4.66. The van der Waals surface area contributed by atoms with E-state index in [0.717, 1.165) is 22.9 Å². The van der Waals surface area contributed by atoms with Gasteiger partial charge in [-0.3, -0.25) is 0 Å². The molecule has 0 unspecified atom stereocenters. The number of aliphatic hydroxyl groups excluding tert-OH is 1. The molecule has 0 bridgehead atoms. The maximum absolute atomic E-state index is 9.06. The van der Waals surface area contributed by atoms with E-state index in [-0.39, 0.29) is 6.61 Å². The summed E-state index contributed by atoms with van der Waals surface area (Å²) in [5.74, 6) is 0.532. The van der Waals surface area contributed by atoms with Gasteiger partial charge in [0.25, 0.3) is 0 Å². The summed E-state index contributed by atoms with van der Waals surface area (Å²) in [5, 5.41) is 9.06. The van der Waals surface area contributed by atoms with E-state index in [1.807, 2.05) is 6.07 Å². The minimum Gasteiger partial charge on any atom is -0.477 e. The van der Waals surface area contributed by atoms with E-state index in [1.54, 1.807) is 6.20 Å². The van der Waals surface area contributed by atoms with E-state index in [0.29, 0.717) is 12.5 Å². The summed E-state index contributed by atoms with van der Waals surface area (Å²) in [6.07, 6.45) is 3.76. The lowest BCUT2D eigenvalue weighted by molar-refractivity contribution is 0.255. The standard InChI is InChI=1S/C10H14BrNO2/c1-2-3-4-14-10-8(7-13)5-9(11)6-12-10/h5-6,13H,2-4,7H2,1H3. The molecule has 0 aromatic carbocycles. The minimum absolute atomic E-state index is 0.0477. The van der Waals surface area contributed by atoms with Gasteiger partial charge in [0, 0.05) is 16.2 Å². The molecule has 1 aromatic heterocycles. The first kappa shape index (κ1) is 11.5. The Morgan fingerprint density at radius 2 is 2.36 bits per heavy atom. The number of nitrogens with zero attached hydrogens (tertiary/aromatic N) is 1. The average molecular weight is 260 g/mol. The third-order valence-electron chi connectivity index (χ3n) is 1.80. The molecule has 0 aliphatic heterocycles. The molecule has 0 amide bonds. The quantitative estimate of drug-likeness (QED) is 0.827. The second kappa shape index (κ2) is 5.98. The summed E-state index contributed by atoms with van der Waals surface area (Å²) in [6.45, 7) is 2.71. The molecule has 1 aromatic rings. The topological polar surface area (TPSA) is 42.4 Å². The Balaban J connectivity index is 2.65. The van der Waals surface area contributed by atoms with Crippen LogP contribution < -0.4 is 4.74 Å². The molecule has 0 radical (unpaired) electrons. The molecule has 1 heterocycles. The van der Waals surface area contributed by atoms with Gasteiger partial charge >= 0.3 is 0 Å². The van der Waals surface area contributed by atoms with Crippen molar-refractivity contribution in [1.82, 2.24) is 4.98 Å².